The summed E-state index contributed by atoms with van der Waals surface area (Å²) in [5.41, 5.74) is 6.75. The van der Waals surface area contributed by atoms with Crippen molar-refractivity contribution in [3.8, 4) is 0 Å². The third-order valence-corrected chi connectivity index (χ3v) is 4.21. The van der Waals surface area contributed by atoms with Gasteiger partial charge in [-0.15, -0.1) is 0 Å². The summed E-state index contributed by atoms with van der Waals surface area (Å²) in [6.07, 6.45) is 3.91. The molecule has 7 heteroatoms. The zero-order chi connectivity index (χ0) is 15.0. The zero-order valence-corrected chi connectivity index (χ0v) is 12.9. The van der Waals surface area contributed by atoms with Gasteiger partial charge in [0, 0.05) is 32.2 Å². The number of nitrogen functional groups attached to an aromatic ring is 1. The molecule has 2 aromatic rings. The summed E-state index contributed by atoms with van der Waals surface area (Å²) < 4.78 is 1.72. The molecular formula is C14H23N7. The highest BCUT2D eigenvalue weighted by atomic mass is 15.3. The van der Waals surface area contributed by atoms with Gasteiger partial charge in [-0.05, 0) is 26.7 Å². The fourth-order valence-electron chi connectivity index (χ4n) is 2.85. The Morgan fingerprint density at radius 2 is 2.00 bits per heavy atom. The van der Waals surface area contributed by atoms with Crippen LogP contribution in [0.25, 0.3) is 11.0 Å². The lowest BCUT2D eigenvalue weighted by Crippen LogP contribution is -2.42. The second kappa shape index (κ2) is 5.48. The number of piperidine rings is 1. The lowest BCUT2D eigenvalue weighted by Gasteiger charge is -2.34. The van der Waals surface area contributed by atoms with Crippen LogP contribution in [0.3, 0.4) is 0 Å². The largest absolute Gasteiger partial charge is 0.383 e. The number of aryl methyl sites for hydroxylation is 1. The second-order valence-corrected chi connectivity index (χ2v) is 5.99. The summed E-state index contributed by atoms with van der Waals surface area (Å²) >= 11 is 0. The first-order valence-electron chi connectivity index (χ1n) is 7.50. The number of hydrogen-bond acceptors (Lipinski definition) is 6. The fraction of sp³-hybridized carbons (Fsp3) is 0.643. The molecule has 0 amide bonds. The van der Waals surface area contributed by atoms with Crippen LogP contribution in [0.1, 0.15) is 26.7 Å². The first-order chi connectivity index (χ1) is 10.0. The van der Waals surface area contributed by atoms with Crippen LogP contribution < -0.4 is 11.1 Å². The van der Waals surface area contributed by atoms with Gasteiger partial charge in [0.2, 0.25) is 5.95 Å². The van der Waals surface area contributed by atoms with Crippen LogP contribution >= 0.6 is 0 Å². The highest BCUT2D eigenvalue weighted by Crippen LogP contribution is 2.21. The molecule has 1 aliphatic heterocycles. The standard InChI is InChI=1S/C14H23N7/c1-9(2)21-6-4-10(5-7-21)17-14-18-12(15)11-8-16-20(3)13(11)19-14/h8-10H,4-7H2,1-3H3,(H3,15,17,18,19). The fourth-order valence-corrected chi connectivity index (χ4v) is 2.85. The van der Waals surface area contributed by atoms with E-state index in [1.54, 1.807) is 10.9 Å². The smallest absolute Gasteiger partial charge is 0.226 e. The molecule has 2 aromatic heterocycles. The van der Waals surface area contributed by atoms with Crippen molar-refractivity contribution in [2.75, 3.05) is 24.1 Å². The van der Waals surface area contributed by atoms with Crippen LogP contribution in [0.4, 0.5) is 11.8 Å². The highest BCUT2D eigenvalue weighted by Gasteiger charge is 2.21. The lowest BCUT2D eigenvalue weighted by molar-refractivity contribution is 0.177. The van der Waals surface area contributed by atoms with E-state index in [-0.39, 0.29) is 0 Å². The van der Waals surface area contributed by atoms with Gasteiger partial charge in [0.1, 0.15) is 5.82 Å². The third kappa shape index (κ3) is 2.78. The number of aromatic nitrogens is 4. The molecule has 0 saturated carbocycles. The Hall–Kier alpha value is -1.89. The Morgan fingerprint density at radius 1 is 1.29 bits per heavy atom. The maximum Gasteiger partial charge on any atom is 0.226 e. The molecular weight excluding hydrogens is 266 g/mol. The van der Waals surface area contributed by atoms with Crippen LogP contribution in [-0.2, 0) is 7.05 Å². The SMILES string of the molecule is CC(C)N1CCC(Nc2nc(N)c3cnn(C)c3n2)CC1. The van der Waals surface area contributed by atoms with E-state index >= 15 is 0 Å². The monoisotopic (exact) mass is 289 g/mol. The molecule has 7 nitrogen and oxygen atoms in total. The number of nitrogens with one attached hydrogen (secondary N) is 1. The number of fused-ring (bicyclic) bond motifs is 1. The van der Waals surface area contributed by atoms with E-state index in [0.717, 1.165) is 37.0 Å². The Bertz CT molecular complexity index is 626. The maximum absolute atomic E-state index is 5.98. The van der Waals surface area contributed by atoms with Gasteiger partial charge < -0.3 is 16.0 Å². The molecule has 1 aliphatic rings. The lowest BCUT2D eigenvalue weighted by atomic mass is 10.0. The molecule has 3 heterocycles. The quantitative estimate of drug-likeness (QED) is 0.884. The second-order valence-electron chi connectivity index (χ2n) is 5.99. The number of nitrogens with zero attached hydrogens (tertiary/aromatic N) is 5. The molecule has 0 aliphatic carbocycles. The van der Waals surface area contributed by atoms with Crippen LogP contribution in [0, 0.1) is 0 Å². The predicted octanol–water partition coefficient (Wildman–Crippen LogP) is 1.23. The molecule has 3 rings (SSSR count). The van der Waals surface area contributed by atoms with E-state index in [1.807, 2.05) is 7.05 Å². The average molecular weight is 289 g/mol. The van der Waals surface area contributed by atoms with Crippen LogP contribution in [0.2, 0.25) is 0 Å². The van der Waals surface area contributed by atoms with E-state index in [1.165, 1.54) is 0 Å². The summed E-state index contributed by atoms with van der Waals surface area (Å²) in [7, 11) is 1.86. The van der Waals surface area contributed by atoms with Gasteiger partial charge in [0.25, 0.3) is 0 Å². The average Bonchev–Trinajstić information content (AvgIpc) is 2.82. The minimum absolute atomic E-state index is 0.407. The summed E-state index contributed by atoms with van der Waals surface area (Å²) in [5, 5.41) is 8.40. The number of nitrogens with two attached hydrogens (primary N) is 1. The summed E-state index contributed by atoms with van der Waals surface area (Å²) in [4.78, 5) is 11.4. The Labute approximate surface area is 124 Å². The number of likely N-dealkylation sites (tertiary alicyclic amines) is 1. The summed E-state index contributed by atoms with van der Waals surface area (Å²) in [5.74, 6) is 1.09. The predicted molar refractivity (Wildman–Crippen MR) is 84.1 cm³/mol. The minimum Gasteiger partial charge on any atom is -0.383 e. The van der Waals surface area contributed by atoms with Crippen molar-refractivity contribution in [2.45, 2.75) is 38.8 Å². The van der Waals surface area contributed by atoms with Gasteiger partial charge in [0.05, 0.1) is 11.6 Å². The molecule has 1 fully saturated rings. The molecule has 3 N–H and O–H groups in total. The minimum atomic E-state index is 0.407. The van der Waals surface area contributed by atoms with Crippen molar-refractivity contribution >= 4 is 22.8 Å². The van der Waals surface area contributed by atoms with Crippen molar-refractivity contribution < 1.29 is 0 Å². The van der Waals surface area contributed by atoms with Crippen molar-refractivity contribution in [1.82, 2.24) is 24.6 Å². The van der Waals surface area contributed by atoms with E-state index in [2.05, 4.69) is 39.1 Å². The Morgan fingerprint density at radius 3 is 2.67 bits per heavy atom. The van der Waals surface area contributed by atoms with Gasteiger partial charge >= 0.3 is 0 Å². The molecule has 0 aromatic carbocycles. The first kappa shape index (κ1) is 14.1. The van der Waals surface area contributed by atoms with Crippen LogP contribution in [-0.4, -0.2) is 49.8 Å². The van der Waals surface area contributed by atoms with Crippen LogP contribution in [0.15, 0.2) is 6.20 Å². The van der Waals surface area contributed by atoms with E-state index in [4.69, 9.17) is 5.73 Å². The highest BCUT2D eigenvalue weighted by molar-refractivity contribution is 5.86. The molecule has 0 radical (unpaired) electrons. The summed E-state index contributed by atoms with van der Waals surface area (Å²) in [6.45, 7) is 6.71. The molecule has 0 atom stereocenters. The number of rotatable bonds is 3. The molecule has 1 saturated heterocycles. The molecule has 114 valence electrons. The molecule has 21 heavy (non-hydrogen) atoms. The Kier molecular flexibility index (Phi) is 3.67. The third-order valence-electron chi connectivity index (χ3n) is 4.21. The van der Waals surface area contributed by atoms with Gasteiger partial charge in [-0.2, -0.15) is 15.1 Å². The van der Waals surface area contributed by atoms with E-state index in [9.17, 15) is 0 Å². The van der Waals surface area contributed by atoms with Gasteiger partial charge in [0.15, 0.2) is 5.65 Å². The zero-order valence-electron chi connectivity index (χ0n) is 12.9. The normalized spacial score (nSPS) is 17.7. The van der Waals surface area contributed by atoms with Gasteiger partial charge in [-0.25, -0.2) is 0 Å². The van der Waals surface area contributed by atoms with Crippen molar-refractivity contribution in [3.05, 3.63) is 6.20 Å². The number of anilines is 2. The van der Waals surface area contributed by atoms with Crippen molar-refractivity contribution in [3.63, 3.8) is 0 Å². The van der Waals surface area contributed by atoms with Crippen molar-refractivity contribution in [1.29, 1.82) is 0 Å². The maximum atomic E-state index is 5.98. The Balaban J connectivity index is 1.72. The first-order valence-corrected chi connectivity index (χ1v) is 7.50. The van der Waals surface area contributed by atoms with Crippen molar-refractivity contribution in [2.24, 2.45) is 7.05 Å². The molecule has 0 unspecified atom stereocenters. The van der Waals surface area contributed by atoms with E-state index < -0.39 is 0 Å². The molecule has 0 spiro atoms. The van der Waals surface area contributed by atoms with Gasteiger partial charge in [-0.1, -0.05) is 0 Å². The van der Waals surface area contributed by atoms with E-state index in [0.29, 0.717) is 23.8 Å². The van der Waals surface area contributed by atoms with Gasteiger partial charge in [-0.3, -0.25) is 4.68 Å². The summed E-state index contributed by atoms with van der Waals surface area (Å²) in [6, 6.07) is 1.02. The van der Waals surface area contributed by atoms with Crippen LogP contribution in [0.5, 0.6) is 0 Å². The number of hydrogen-bond donors (Lipinski definition) is 2. The topological polar surface area (TPSA) is 84.9 Å². The molecule has 0 bridgehead atoms.